The van der Waals surface area contributed by atoms with Crippen LogP contribution in [0.1, 0.15) is 34.5 Å². The third-order valence-electron chi connectivity index (χ3n) is 6.38. The number of amides is 2. The summed E-state index contributed by atoms with van der Waals surface area (Å²) in [6.07, 6.45) is 2.50. The number of anilines is 2. The molecular formula is C26H26F2N6O2. The Kier molecular flexibility index (Phi) is 6.86. The Bertz CT molecular complexity index is 1270. The fourth-order valence-electron chi connectivity index (χ4n) is 4.49. The normalized spacial score (nSPS) is 16.8. The number of carbonyl (C=O) groups is 2. The van der Waals surface area contributed by atoms with E-state index in [0.717, 1.165) is 43.6 Å². The molecule has 0 spiro atoms. The molecular weight excluding hydrogens is 466 g/mol. The van der Waals surface area contributed by atoms with Crippen LogP contribution in [-0.2, 0) is 17.8 Å². The van der Waals surface area contributed by atoms with Crippen LogP contribution in [-0.4, -0.2) is 41.4 Å². The Hall–Kier alpha value is -3.92. The van der Waals surface area contributed by atoms with Crippen molar-refractivity contribution in [3.05, 3.63) is 70.9 Å². The zero-order valence-electron chi connectivity index (χ0n) is 19.5. The van der Waals surface area contributed by atoms with Gasteiger partial charge in [0.05, 0.1) is 24.2 Å². The zero-order chi connectivity index (χ0) is 25.1. The van der Waals surface area contributed by atoms with Gasteiger partial charge in [-0.05, 0) is 61.7 Å². The van der Waals surface area contributed by atoms with E-state index in [-0.39, 0.29) is 47.5 Å². The smallest absolute Gasteiger partial charge is 0.257 e. The van der Waals surface area contributed by atoms with E-state index in [4.69, 9.17) is 0 Å². The van der Waals surface area contributed by atoms with Crippen LogP contribution in [0.15, 0.2) is 42.5 Å². The molecule has 10 heteroatoms. The van der Waals surface area contributed by atoms with Crippen molar-refractivity contribution < 1.29 is 18.4 Å². The highest BCUT2D eigenvalue weighted by Gasteiger charge is 2.28. The van der Waals surface area contributed by atoms with Gasteiger partial charge in [0.15, 0.2) is 5.82 Å². The van der Waals surface area contributed by atoms with Gasteiger partial charge in [0.25, 0.3) is 5.91 Å². The van der Waals surface area contributed by atoms with Gasteiger partial charge >= 0.3 is 0 Å². The predicted molar refractivity (Wildman–Crippen MR) is 131 cm³/mol. The molecule has 1 aromatic heterocycles. The molecule has 2 aliphatic rings. The fraction of sp³-hybridized carbons (Fsp3) is 0.308. The summed E-state index contributed by atoms with van der Waals surface area (Å²) in [7, 11) is 0. The van der Waals surface area contributed by atoms with Crippen LogP contribution in [0.2, 0.25) is 0 Å². The molecule has 3 aromatic rings. The molecule has 5 rings (SSSR count). The first-order valence-corrected chi connectivity index (χ1v) is 11.9. The first-order valence-electron chi connectivity index (χ1n) is 11.9. The van der Waals surface area contributed by atoms with E-state index >= 15 is 0 Å². The van der Waals surface area contributed by atoms with Crippen LogP contribution in [0.4, 0.5) is 20.3 Å². The molecule has 1 saturated heterocycles. The third-order valence-corrected chi connectivity index (χ3v) is 6.38. The van der Waals surface area contributed by atoms with Gasteiger partial charge in [-0.3, -0.25) is 9.59 Å². The molecule has 1 fully saturated rings. The van der Waals surface area contributed by atoms with Gasteiger partial charge in [-0.25, -0.2) is 18.7 Å². The molecule has 2 aromatic carbocycles. The lowest BCUT2D eigenvalue weighted by molar-refractivity contribution is -0.120. The van der Waals surface area contributed by atoms with Crippen LogP contribution in [0.5, 0.6) is 0 Å². The summed E-state index contributed by atoms with van der Waals surface area (Å²) in [4.78, 5) is 33.3. The van der Waals surface area contributed by atoms with Gasteiger partial charge in [-0.1, -0.05) is 18.2 Å². The Morgan fingerprint density at radius 2 is 1.83 bits per heavy atom. The third kappa shape index (κ3) is 5.18. The second-order valence-electron chi connectivity index (χ2n) is 9.01. The Balaban J connectivity index is 1.31. The number of fused-ring (bicyclic) bond motifs is 1. The van der Waals surface area contributed by atoms with Gasteiger partial charge in [0.1, 0.15) is 23.0 Å². The number of halogens is 2. The van der Waals surface area contributed by atoms with Gasteiger partial charge in [-0.2, -0.15) is 0 Å². The summed E-state index contributed by atoms with van der Waals surface area (Å²) < 4.78 is 28.7. The summed E-state index contributed by atoms with van der Waals surface area (Å²) in [6.45, 7) is 2.77. The first kappa shape index (κ1) is 23.8. The van der Waals surface area contributed by atoms with E-state index in [9.17, 15) is 18.4 Å². The van der Waals surface area contributed by atoms with Gasteiger partial charge in [0.2, 0.25) is 5.91 Å². The minimum Gasteiger partial charge on any atom is -0.355 e. The summed E-state index contributed by atoms with van der Waals surface area (Å²) in [5.74, 6) is -1.52. The van der Waals surface area contributed by atoms with Crippen molar-refractivity contribution in [2.24, 2.45) is 5.92 Å². The number of nitrogens with one attached hydrogen (secondary N) is 4. The number of hydrogen-bond acceptors (Lipinski definition) is 6. The van der Waals surface area contributed by atoms with Crippen molar-refractivity contribution in [1.29, 1.82) is 0 Å². The maximum absolute atomic E-state index is 14.4. The lowest BCUT2D eigenvalue weighted by Gasteiger charge is -2.22. The van der Waals surface area contributed by atoms with Crippen molar-refractivity contribution in [2.45, 2.75) is 25.8 Å². The van der Waals surface area contributed by atoms with Crippen molar-refractivity contribution >= 4 is 23.3 Å². The molecule has 8 nitrogen and oxygen atoms in total. The standard InChI is InChI=1S/C26H26F2N6O2/c27-18-4-1-5-19(28)22(18)24-33-20-14-31-26(36)23(20)25(34-24)32-17-8-6-15(7-9-17)11-21(35)30-13-16-3-2-10-29-12-16/h1,4-9,16,29H,2-3,10-14H2,(H,30,35)(H,31,36)(H,32,33,34). The summed E-state index contributed by atoms with van der Waals surface area (Å²) >= 11 is 0. The van der Waals surface area contributed by atoms with E-state index in [2.05, 4.69) is 31.2 Å². The molecule has 36 heavy (non-hydrogen) atoms. The Morgan fingerprint density at radius 1 is 1.06 bits per heavy atom. The van der Waals surface area contributed by atoms with Crippen molar-refractivity contribution in [1.82, 2.24) is 25.9 Å². The quantitative estimate of drug-likeness (QED) is 0.404. The van der Waals surface area contributed by atoms with Gasteiger partial charge < -0.3 is 21.3 Å². The first-order chi connectivity index (χ1) is 17.5. The summed E-state index contributed by atoms with van der Waals surface area (Å²) in [5, 5.41) is 12.1. The number of piperidine rings is 1. The van der Waals surface area contributed by atoms with Crippen LogP contribution in [0.3, 0.4) is 0 Å². The molecule has 2 amide bonds. The highest BCUT2D eigenvalue weighted by molar-refractivity contribution is 6.03. The highest BCUT2D eigenvalue weighted by Crippen LogP contribution is 2.30. The van der Waals surface area contributed by atoms with Crippen LogP contribution < -0.4 is 21.3 Å². The average Bonchev–Trinajstić information content (AvgIpc) is 3.25. The molecule has 186 valence electrons. The molecule has 4 N–H and O–H groups in total. The second kappa shape index (κ2) is 10.4. The van der Waals surface area contributed by atoms with Crippen LogP contribution >= 0.6 is 0 Å². The van der Waals surface area contributed by atoms with E-state index < -0.39 is 11.6 Å². The van der Waals surface area contributed by atoms with Crippen LogP contribution in [0.25, 0.3) is 11.4 Å². The van der Waals surface area contributed by atoms with Crippen LogP contribution in [0, 0.1) is 17.6 Å². The van der Waals surface area contributed by atoms with Gasteiger partial charge in [-0.15, -0.1) is 0 Å². The lowest BCUT2D eigenvalue weighted by atomic mass is 9.99. The maximum Gasteiger partial charge on any atom is 0.257 e. The zero-order valence-corrected chi connectivity index (χ0v) is 19.5. The predicted octanol–water partition coefficient (Wildman–Crippen LogP) is 3.07. The minimum atomic E-state index is -0.791. The Morgan fingerprint density at radius 3 is 2.56 bits per heavy atom. The number of rotatable bonds is 7. The second-order valence-corrected chi connectivity index (χ2v) is 9.01. The average molecular weight is 493 g/mol. The van der Waals surface area contributed by atoms with E-state index in [1.807, 2.05) is 12.1 Å². The fourth-order valence-corrected chi connectivity index (χ4v) is 4.49. The highest BCUT2D eigenvalue weighted by atomic mass is 19.1. The summed E-state index contributed by atoms with van der Waals surface area (Å²) in [6, 6.07) is 10.7. The number of nitrogens with zero attached hydrogens (tertiary/aromatic N) is 2. The van der Waals surface area contributed by atoms with Crippen molar-refractivity contribution in [3.8, 4) is 11.4 Å². The van der Waals surface area contributed by atoms with Crippen molar-refractivity contribution in [3.63, 3.8) is 0 Å². The maximum atomic E-state index is 14.4. The number of hydrogen-bond donors (Lipinski definition) is 4. The number of carbonyl (C=O) groups excluding carboxylic acids is 2. The largest absolute Gasteiger partial charge is 0.355 e. The molecule has 3 heterocycles. The van der Waals surface area contributed by atoms with E-state index in [0.29, 0.717) is 23.8 Å². The molecule has 2 aliphatic heterocycles. The SMILES string of the molecule is O=C(Cc1ccc(Nc2nc(-c3c(F)cccc3F)nc3c2C(=O)NC3)cc1)NCC1CCCNC1. The number of aromatic nitrogens is 2. The lowest BCUT2D eigenvalue weighted by Crippen LogP contribution is -2.38. The molecule has 1 unspecified atom stereocenters. The number of benzene rings is 2. The molecule has 0 bridgehead atoms. The molecule has 1 atom stereocenters. The molecule has 0 saturated carbocycles. The van der Waals surface area contributed by atoms with E-state index in [1.165, 1.54) is 6.07 Å². The Labute approximate surface area is 206 Å². The van der Waals surface area contributed by atoms with Gasteiger partial charge in [0, 0.05) is 12.2 Å². The molecule has 0 aliphatic carbocycles. The van der Waals surface area contributed by atoms with Crippen molar-refractivity contribution in [2.75, 3.05) is 25.0 Å². The van der Waals surface area contributed by atoms with E-state index in [1.54, 1.807) is 12.1 Å². The molecule has 0 radical (unpaired) electrons. The monoisotopic (exact) mass is 492 g/mol. The topological polar surface area (TPSA) is 108 Å². The summed E-state index contributed by atoms with van der Waals surface area (Å²) in [5.41, 5.74) is 1.67. The minimum absolute atomic E-state index is 0.0388.